The van der Waals surface area contributed by atoms with Gasteiger partial charge in [0.1, 0.15) is 5.82 Å². The molecule has 1 heterocycles. The van der Waals surface area contributed by atoms with Crippen LogP contribution in [0, 0.1) is 17.7 Å². The van der Waals surface area contributed by atoms with Gasteiger partial charge in [0.25, 0.3) is 0 Å². The topological polar surface area (TPSA) is 87.8 Å². The minimum Gasteiger partial charge on any atom is -0.385 e. The summed E-state index contributed by atoms with van der Waals surface area (Å²) in [5, 5.41) is 15.2. The smallest absolute Gasteiger partial charge is 0.317 e. The molecule has 8 heteroatoms. The highest BCUT2D eigenvalue weighted by atomic mass is 35.5. The molecule has 0 bridgehead atoms. The number of piperidine rings is 1. The number of rotatable bonds is 11. The molecule has 1 saturated heterocycles. The van der Waals surface area contributed by atoms with E-state index in [4.69, 9.17) is 22.1 Å². The first-order chi connectivity index (χ1) is 17.3. The van der Waals surface area contributed by atoms with E-state index >= 15 is 4.39 Å². The molecule has 2 aliphatic rings. The molecule has 4 unspecified atom stereocenters. The predicted octanol–water partition coefficient (Wildman–Crippen LogP) is 5.59. The molecule has 1 aromatic rings. The zero-order chi connectivity index (χ0) is 26.1. The van der Waals surface area contributed by atoms with Crippen molar-refractivity contribution in [2.24, 2.45) is 17.6 Å². The summed E-state index contributed by atoms with van der Waals surface area (Å²) >= 11 is 6.10. The third-order valence-corrected chi connectivity index (χ3v) is 8.51. The lowest BCUT2D eigenvalue weighted by Crippen LogP contribution is -2.55. The number of likely N-dealkylation sites (tertiary alicyclic amines) is 1. The molecule has 1 aromatic carbocycles. The Hall–Kier alpha value is -1.41. The number of urea groups is 1. The van der Waals surface area contributed by atoms with Crippen molar-refractivity contribution in [2.45, 2.75) is 95.2 Å². The molecule has 3 rings (SSSR count). The van der Waals surface area contributed by atoms with Crippen LogP contribution in [0.25, 0.3) is 0 Å². The summed E-state index contributed by atoms with van der Waals surface area (Å²) in [6.07, 6.45) is 10.3. The number of halogens is 2. The van der Waals surface area contributed by atoms with Crippen molar-refractivity contribution in [3.63, 3.8) is 0 Å². The van der Waals surface area contributed by atoms with Crippen LogP contribution >= 0.6 is 11.6 Å². The molecule has 6 nitrogen and oxygen atoms in total. The first-order valence-corrected chi connectivity index (χ1v) is 14.1. The summed E-state index contributed by atoms with van der Waals surface area (Å²) in [5.74, 6) is -0.286. The van der Waals surface area contributed by atoms with Gasteiger partial charge in [-0.15, -0.1) is 0 Å². The van der Waals surface area contributed by atoms with Crippen molar-refractivity contribution in [3.05, 3.63) is 34.6 Å². The molecule has 2 amide bonds. The van der Waals surface area contributed by atoms with Gasteiger partial charge in [0.15, 0.2) is 0 Å². The molecule has 36 heavy (non-hydrogen) atoms. The van der Waals surface area contributed by atoms with Crippen molar-refractivity contribution >= 4 is 17.6 Å². The zero-order valence-electron chi connectivity index (χ0n) is 22.0. The summed E-state index contributed by atoms with van der Waals surface area (Å²) < 4.78 is 20.3. The number of nitrogens with two attached hydrogens (primary N) is 1. The van der Waals surface area contributed by atoms with Gasteiger partial charge in [0.05, 0.1) is 10.6 Å². The number of carbonyl (C=O) groups is 1. The summed E-state index contributed by atoms with van der Waals surface area (Å²) in [6, 6.07) is 4.41. The number of hydrogen-bond acceptors (Lipinski definition) is 4. The van der Waals surface area contributed by atoms with Crippen LogP contribution in [0.2, 0.25) is 5.02 Å². The normalized spacial score (nSPS) is 22.6. The second kappa shape index (κ2) is 13.9. The van der Waals surface area contributed by atoms with Crippen LogP contribution in [0.4, 0.5) is 9.18 Å². The van der Waals surface area contributed by atoms with E-state index in [-0.39, 0.29) is 34.6 Å². The summed E-state index contributed by atoms with van der Waals surface area (Å²) in [6.45, 7) is 3.49. The molecule has 2 fully saturated rings. The van der Waals surface area contributed by atoms with E-state index in [9.17, 15) is 9.90 Å². The van der Waals surface area contributed by atoms with Crippen molar-refractivity contribution in [2.75, 3.05) is 26.8 Å². The zero-order valence-corrected chi connectivity index (χ0v) is 22.7. The molecule has 1 saturated carbocycles. The van der Waals surface area contributed by atoms with Crippen LogP contribution in [0.1, 0.15) is 83.1 Å². The van der Waals surface area contributed by atoms with Crippen molar-refractivity contribution in [3.8, 4) is 0 Å². The van der Waals surface area contributed by atoms with Crippen LogP contribution in [0.3, 0.4) is 0 Å². The Morgan fingerprint density at radius 3 is 2.72 bits per heavy atom. The van der Waals surface area contributed by atoms with E-state index in [1.807, 2.05) is 6.92 Å². The number of nitrogens with zero attached hydrogens (tertiary/aromatic N) is 1. The van der Waals surface area contributed by atoms with Gasteiger partial charge in [-0.2, -0.15) is 0 Å². The number of aliphatic hydroxyl groups is 1. The van der Waals surface area contributed by atoms with E-state index in [0.29, 0.717) is 44.9 Å². The lowest BCUT2D eigenvalue weighted by atomic mass is 9.74. The van der Waals surface area contributed by atoms with Crippen molar-refractivity contribution in [1.29, 1.82) is 0 Å². The number of ether oxygens (including phenoxy) is 1. The van der Waals surface area contributed by atoms with Crippen LogP contribution in [0.15, 0.2) is 18.2 Å². The maximum atomic E-state index is 15.1. The molecule has 4 atom stereocenters. The maximum Gasteiger partial charge on any atom is 0.317 e. The van der Waals surface area contributed by atoms with Gasteiger partial charge in [-0.1, -0.05) is 55.8 Å². The van der Waals surface area contributed by atoms with Crippen LogP contribution in [-0.2, 0) is 10.3 Å². The van der Waals surface area contributed by atoms with E-state index in [2.05, 4.69) is 5.32 Å². The highest BCUT2D eigenvalue weighted by Gasteiger charge is 2.43. The first kappa shape index (κ1) is 29.2. The van der Waals surface area contributed by atoms with Gasteiger partial charge in [-0.05, 0) is 57.4 Å². The number of hydrogen-bond donors (Lipinski definition) is 3. The van der Waals surface area contributed by atoms with E-state index in [0.717, 1.165) is 19.3 Å². The molecule has 1 aliphatic carbocycles. The molecule has 0 spiro atoms. The van der Waals surface area contributed by atoms with Crippen molar-refractivity contribution < 1.29 is 19.0 Å². The Kier molecular flexibility index (Phi) is 11.3. The molecule has 1 aliphatic heterocycles. The number of methoxy groups -OCH3 is 1. The summed E-state index contributed by atoms with van der Waals surface area (Å²) in [4.78, 5) is 15.1. The van der Waals surface area contributed by atoms with E-state index in [1.54, 1.807) is 24.1 Å². The number of benzene rings is 1. The Morgan fingerprint density at radius 2 is 2.03 bits per heavy atom. The molecular formula is C28H45ClFN3O3. The molecule has 4 N–H and O–H groups in total. The molecular weight excluding hydrogens is 481 g/mol. The fourth-order valence-electron chi connectivity index (χ4n) is 6.03. The first-order valence-electron chi connectivity index (χ1n) is 13.7. The summed E-state index contributed by atoms with van der Waals surface area (Å²) in [5.41, 5.74) is 5.06. The fraction of sp³-hybridized carbons (Fsp3) is 0.750. The Balaban J connectivity index is 1.73. The van der Waals surface area contributed by atoms with E-state index in [1.165, 1.54) is 38.2 Å². The van der Waals surface area contributed by atoms with Gasteiger partial charge in [-0.3, -0.25) is 0 Å². The van der Waals surface area contributed by atoms with Gasteiger partial charge < -0.3 is 25.8 Å². The van der Waals surface area contributed by atoms with E-state index < -0.39 is 11.4 Å². The quantitative estimate of drug-likeness (QED) is 0.328. The SMILES string of the molecule is COCCCCC(O)(c1cccc(Cl)c1F)C1CCCN(C(=O)NC(CC2CCCCC2)C(C)N)C1. The predicted molar refractivity (Wildman–Crippen MR) is 142 cm³/mol. The largest absolute Gasteiger partial charge is 0.385 e. The van der Waals surface area contributed by atoms with Crippen LogP contribution < -0.4 is 11.1 Å². The van der Waals surface area contributed by atoms with Crippen molar-refractivity contribution in [1.82, 2.24) is 10.2 Å². The lowest BCUT2D eigenvalue weighted by Gasteiger charge is -2.43. The number of carbonyl (C=O) groups excluding carboxylic acids is 1. The van der Waals surface area contributed by atoms with Crippen LogP contribution in [0.5, 0.6) is 0 Å². The third-order valence-electron chi connectivity index (χ3n) is 8.21. The Morgan fingerprint density at radius 1 is 1.28 bits per heavy atom. The number of unbranched alkanes of at least 4 members (excludes halogenated alkanes) is 1. The molecule has 0 aromatic heterocycles. The van der Waals surface area contributed by atoms with Crippen LogP contribution in [-0.4, -0.2) is 54.9 Å². The Bertz CT molecular complexity index is 836. The fourth-order valence-corrected chi connectivity index (χ4v) is 6.20. The minimum atomic E-state index is -1.43. The van der Waals surface area contributed by atoms with Gasteiger partial charge >= 0.3 is 6.03 Å². The average molecular weight is 526 g/mol. The Labute approximate surface area is 221 Å². The number of amides is 2. The summed E-state index contributed by atoms with van der Waals surface area (Å²) in [7, 11) is 1.64. The minimum absolute atomic E-state index is 0.00397. The highest BCUT2D eigenvalue weighted by Crippen LogP contribution is 2.42. The molecule has 204 valence electrons. The standard InChI is InChI=1S/C28H45ClFN3O3/c1-20(31)25(18-21-10-4-3-5-11-21)32-27(34)33-16-9-12-22(19-33)28(35,15-6-7-17-36-2)23-13-8-14-24(29)26(23)30/h8,13-14,20-22,25,35H,3-7,9-12,15-19,31H2,1-2H3,(H,32,34). The molecule has 0 radical (unpaired) electrons. The highest BCUT2D eigenvalue weighted by molar-refractivity contribution is 6.30. The third kappa shape index (κ3) is 7.56. The van der Waals surface area contributed by atoms with Gasteiger partial charge in [-0.25, -0.2) is 9.18 Å². The van der Waals surface area contributed by atoms with Gasteiger partial charge in [0.2, 0.25) is 0 Å². The number of nitrogens with one attached hydrogen (secondary N) is 1. The average Bonchev–Trinajstić information content (AvgIpc) is 2.88. The maximum absolute atomic E-state index is 15.1. The second-order valence-electron chi connectivity index (χ2n) is 10.9. The lowest BCUT2D eigenvalue weighted by molar-refractivity contribution is -0.0588. The second-order valence-corrected chi connectivity index (χ2v) is 11.3. The van der Waals surface area contributed by atoms with Gasteiger partial charge in [0, 0.05) is 50.4 Å². The monoisotopic (exact) mass is 525 g/mol.